The van der Waals surface area contributed by atoms with E-state index < -0.39 is 21.4 Å². The van der Waals surface area contributed by atoms with Crippen LogP contribution in [0.3, 0.4) is 0 Å². The van der Waals surface area contributed by atoms with Crippen molar-refractivity contribution in [1.29, 1.82) is 0 Å². The monoisotopic (exact) mass is 450 g/mol. The summed E-state index contributed by atoms with van der Waals surface area (Å²) in [5, 5.41) is 9.73. The van der Waals surface area contributed by atoms with Crippen molar-refractivity contribution >= 4 is 37.6 Å². The van der Waals surface area contributed by atoms with Crippen LogP contribution in [0.1, 0.15) is 26.3 Å². The number of rotatable bonds is 4. The molecule has 2 aromatic carbocycles. The molecule has 1 N–H and O–H groups in total. The highest BCUT2D eigenvalue weighted by molar-refractivity contribution is 9.12. The van der Waals surface area contributed by atoms with Crippen LogP contribution < -0.4 is 0 Å². The Kier molecular flexibility index (Phi) is 5.52. The summed E-state index contributed by atoms with van der Waals surface area (Å²) >= 11 is 6.56. The Morgan fingerprint density at radius 1 is 1.00 bits per heavy atom. The largest absolute Gasteiger partial charge is 0.507 e. The molecule has 2 unspecified atom stereocenters. The van der Waals surface area contributed by atoms with Crippen LogP contribution in [0.25, 0.3) is 0 Å². The van der Waals surface area contributed by atoms with Crippen LogP contribution >= 0.6 is 31.9 Å². The molecule has 23 heavy (non-hydrogen) atoms. The molecule has 0 amide bonds. The predicted octanol–water partition coefficient (Wildman–Crippen LogP) is 5.49. The Morgan fingerprint density at radius 2 is 1.57 bits per heavy atom. The zero-order chi connectivity index (χ0) is 17.2. The van der Waals surface area contributed by atoms with E-state index in [1.54, 1.807) is 12.1 Å². The molecular formula is C16H11Br2F3O2. The van der Waals surface area contributed by atoms with Gasteiger partial charge in [-0.15, -0.1) is 0 Å². The van der Waals surface area contributed by atoms with Gasteiger partial charge in [0.1, 0.15) is 5.75 Å². The summed E-state index contributed by atoms with van der Waals surface area (Å²) in [5.74, 6) is -0.515. The number of carbonyl (C=O) groups is 1. The first-order valence-corrected chi connectivity index (χ1v) is 8.32. The van der Waals surface area contributed by atoms with Crippen LogP contribution in [0.2, 0.25) is 0 Å². The van der Waals surface area contributed by atoms with Crippen molar-refractivity contribution in [2.24, 2.45) is 0 Å². The maximum Gasteiger partial charge on any atom is 0.416 e. The van der Waals surface area contributed by atoms with Crippen molar-refractivity contribution in [1.82, 2.24) is 0 Å². The number of phenolic OH excluding ortho intramolecular Hbond substituents is 1. The van der Waals surface area contributed by atoms with Gasteiger partial charge in [0, 0.05) is 0 Å². The number of hydrogen-bond donors (Lipinski definition) is 1. The third kappa shape index (κ3) is 4.14. The number of ketones is 1. The lowest BCUT2D eigenvalue weighted by Gasteiger charge is -2.17. The van der Waals surface area contributed by atoms with E-state index in [2.05, 4.69) is 31.9 Å². The van der Waals surface area contributed by atoms with Crippen LogP contribution in [-0.4, -0.2) is 15.7 Å². The zero-order valence-corrected chi connectivity index (χ0v) is 14.7. The van der Waals surface area contributed by atoms with Crippen LogP contribution in [0, 0.1) is 0 Å². The van der Waals surface area contributed by atoms with E-state index in [9.17, 15) is 23.1 Å². The number of benzene rings is 2. The van der Waals surface area contributed by atoms with Gasteiger partial charge < -0.3 is 5.11 Å². The lowest BCUT2D eigenvalue weighted by Crippen LogP contribution is -2.19. The molecule has 122 valence electrons. The van der Waals surface area contributed by atoms with Gasteiger partial charge >= 0.3 is 6.18 Å². The maximum atomic E-state index is 12.6. The quantitative estimate of drug-likeness (QED) is 0.492. The number of halogens is 5. The number of carbonyl (C=O) groups excluding carboxylic acids is 1. The Morgan fingerprint density at radius 3 is 2.09 bits per heavy atom. The molecule has 0 aliphatic carbocycles. The predicted molar refractivity (Wildman–Crippen MR) is 88.3 cm³/mol. The van der Waals surface area contributed by atoms with Gasteiger partial charge in [0.15, 0.2) is 5.78 Å². The normalized spacial score (nSPS) is 14.3. The summed E-state index contributed by atoms with van der Waals surface area (Å²) in [6, 6.07) is 10.7. The van der Waals surface area contributed by atoms with Gasteiger partial charge in [0.25, 0.3) is 0 Å². The minimum atomic E-state index is -4.40. The molecule has 0 bridgehead atoms. The summed E-state index contributed by atoms with van der Waals surface area (Å²) in [4.78, 5) is 11.1. The average Bonchev–Trinajstić information content (AvgIpc) is 2.52. The van der Waals surface area contributed by atoms with Gasteiger partial charge in [-0.3, -0.25) is 4.79 Å². The molecule has 2 nitrogen and oxygen atoms in total. The Balaban J connectivity index is 2.21. The van der Waals surface area contributed by atoms with Crippen molar-refractivity contribution in [3.63, 3.8) is 0 Å². The van der Waals surface area contributed by atoms with Crippen molar-refractivity contribution in [3.05, 3.63) is 65.2 Å². The molecule has 2 atom stereocenters. The van der Waals surface area contributed by atoms with Gasteiger partial charge in [-0.2, -0.15) is 13.2 Å². The topological polar surface area (TPSA) is 37.3 Å². The van der Waals surface area contributed by atoms with Gasteiger partial charge in [-0.25, -0.2) is 0 Å². The summed E-state index contributed by atoms with van der Waals surface area (Å²) < 4.78 is 37.7. The van der Waals surface area contributed by atoms with E-state index in [0.29, 0.717) is 5.56 Å². The first-order chi connectivity index (χ1) is 10.7. The highest BCUT2D eigenvalue weighted by Gasteiger charge is 2.31. The number of Topliss-reactive ketones (excluding diaryl/α,β-unsaturated/α-hetero) is 1. The van der Waals surface area contributed by atoms with E-state index in [1.165, 1.54) is 24.3 Å². The molecule has 0 saturated carbocycles. The van der Waals surface area contributed by atoms with Crippen molar-refractivity contribution in [3.8, 4) is 5.75 Å². The summed E-state index contributed by atoms with van der Waals surface area (Å²) in [6.45, 7) is 0. The fourth-order valence-corrected chi connectivity index (χ4v) is 3.09. The Bertz CT molecular complexity index is 699. The number of aromatic hydroxyl groups is 1. The van der Waals surface area contributed by atoms with Crippen LogP contribution in [0.5, 0.6) is 5.75 Å². The fraction of sp³-hybridized carbons (Fsp3) is 0.188. The second kappa shape index (κ2) is 7.05. The van der Waals surface area contributed by atoms with E-state index in [4.69, 9.17) is 0 Å². The second-order valence-electron chi connectivity index (χ2n) is 4.80. The third-order valence-corrected chi connectivity index (χ3v) is 5.94. The van der Waals surface area contributed by atoms with E-state index in [0.717, 1.165) is 12.1 Å². The number of hydrogen-bond acceptors (Lipinski definition) is 2. The molecular weight excluding hydrogens is 441 g/mol. The molecule has 0 aliphatic rings. The van der Waals surface area contributed by atoms with Crippen molar-refractivity contribution < 1.29 is 23.1 Å². The third-order valence-electron chi connectivity index (χ3n) is 3.23. The summed E-state index contributed by atoms with van der Waals surface area (Å²) in [5.41, 5.74) is -0.0894. The smallest absolute Gasteiger partial charge is 0.416 e. The van der Waals surface area contributed by atoms with Gasteiger partial charge in [0.2, 0.25) is 0 Å². The van der Waals surface area contributed by atoms with E-state index >= 15 is 0 Å². The van der Waals surface area contributed by atoms with E-state index in [1.807, 2.05) is 0 Å². The van der Waals surface area contributed by atoms with Gasteiger partial charge in [0.05, 0.1) is 20.8 Å². The standard InChI is InChI=1S/C16H11Br2F3O2/c17-13(9-5-7-10(8-6-9)16(19,20)21)14(18)15(23)11-3-1-2-4-12(11)22/h1-8,13-14,22H. The molecule has 7 heteroatoms. The minimum absolute atomic E-state index is 0.144. The lowest BCUT2D eigenvalue weighted by atomic mass is 10.0. The molecule has 0 aliphatic heterocycles. The molecule has 0 saturated heterocycles. The summed E-state index contributed by atoms with van der Waals surface area (Å²) in [7, 11) is 0. The average molecular weight is 452 g/mol. The van der Waals surface area contributed by atoms with E-state index in [-0.39, 0.29) is 17.1 Å². The van der Waals surface area contributed by atoms with Crippen molar-refractivity contribution in [2.75, 3.05) is 0 Å². The molecule has 2 rings (SSSR count). The minimum Gasteiger partial charge on any atom is -0.507 e. The molecule has 0 radical (unpaired) electrons. The molecule has 0 heterocycles. The SMILES string of the molecule is O=C(c1ccccc1O)C(Br)C(Br)c1ccc(C(F)(F)F)cc1. The van der Waals surface area contributed by atoms with Crippen molar-refractivity contribution in [2.45, 2.75) is 15.8 Å². The highest BCUT2D eigenvalue weighted by Crippen LogP contribution is 2.36. The van der Waals surface area contributed by atoms with Crippen LogP contribution in [0.4, 0.5) is 13.2 Å². The first kappa shape index (κ1) is 18.0. The first-order valence-electron chi connectivity index (χ1n) is 6.49. The molecule has 2 aromatic rings. The summed E-state index contributed by atoms with van der Waals surface area (Å²) in [6.07, 6.45) is -4.40. The van der Waals surface area contributed by atoms with Crippen LogP contribution in [-0.2, 0) is 6.18 Å². The number of para-hydroxylation sites is 1. The lowest BCUT2D eigenvalue weighted by molar-refractivity contribution is -0.137. The number of phenols is 1. The fourth-order valence-electron chi connectivity index (χ4n) is 1.99. The van der Waals surface area contributed by atoms with Gasteiger partial charge in [-0.1, -0.05) is 56.1 Å². The highest BCUT2D eigenvalue weighted by atomic mass is 79.9. The van der Waals surface area contributed by atoms with Crippen LogP contribution in [0.15, 0.2) is 48.5 Å². The zero-order valence-electron chi connectivity index (χ0n) is 11.5. The van der Waals surface area contributed by atoms with Gasteiger partial charge in [-0.05, 0) is 29.8 Å². The molecule has 0 aromatic heterocycles. The molecule has 0 fully saturated rings. The molecule has 0 spiro atoms. The second-order valence-corrected chi connectivity index (χ2v) is 6.78. The Hall–Kier alpha value is -1.34. The maximum absolute atomic E-state index is 12.6. The number of alkyl halides is 5. The Labute approximate surface area is 147 Å².